The maximum atomic E-state index is 12.5. The van der Waals surface area contributed by atoms with E-state index in [9.17, 15) is 4.79 Å². The van der Waals surface area contributed by atoms with Crippen LogP contribution in [0, 0.1) is 5.92 Å². The summed E-state index contributed by atoms with van der Waals surface area (Å²) in [4.78, 5) is 12.5. The number of aromatic nitrogens is 2. The molecule has 0 unspecified atom stereocenters. The molecule has 2 heterocycles. The van der Waals surface area contributed by atoms with Gasteiger partial charge in [0.2, 0.25) is 5.91 Å². The fourth-order valence-electron chi connectivity index (χ4n) is 2.70. The van der Waals surface area contributed by atoms with Crippen LogP contribution in [0.25, 0.3) is 0 Å². The summed E-state index contributed by atoms with van der Waals surface area (Å²) in [6.07, 6.45) is 3.83. The smallest absolute Gasteiger partial charge is 0.229 e. The minimum Gasteiger partial charge on any atom is -0.326 e. The average Bonchev–Trinajstić information content (AvgIpc) is 3.09. The summed E-state index contributed by atoms with van der Waals surface area (Å²) < 4.78 is 2.77. The third-order valence-corrected chi connectivity index (χ3v) is 4.34. The Morgan fingerprint density at radius 1 is 1.36 bits per heavy atom. The number of carbonyl (C=O) groups excluding carboxylic acids is 1. The first-order chi connectivity index (χ1) is 10.1. The standard InChI is InChI=1S/C15H17BrN4O.ClH/c1-20-9-10(6-18-20)13-7-17-8-14(13)15(21)19-12-4-2-11(16)3-5-12;/h2-6,9,13-14,17H,7-8H2,1H3,(H,19,21);1H/t13-,14+;/m1./s1. The molecule has 2 atom stereocenters. The Bertz CT molecular complexity index is 643. The normalized spacial score (nSPS) is 20.5. The van der Waals surface area contributed by atoms with Crippen LogP contribution < -0.4 is 10.6 Å². The SMILES string of the molecule is Cl.Cn1cc([C@H]2CNC[C@@H]2C(=O)Nc2ccc(Br)cc2)cn1. The first-order valence-electron chi connectivity index (χ1n) is 6.89. The van der Waals surface area contributed by atoms with E-state index in [1.807, 2.05) is 43.7 Å². The molecule has 2 aromatic rings. The fraction of sp³-hybridized carbons (Fsp3) is 0.333. The summed E-state index contributed by atoms with van der Waals surface area (Å²) in [5.41, 5.74) is 1.93. The number of nitrogens with zero attached hydrogens (tertiary/aromatic N) is 2. The summed E-state index contributed by atoms with van der Waals surface area (Å²) >= 11 is 3.39. The molecule has 5 nitrogen and oxygen atoms in total. The van der Waals surface area contributed by atoms with Crippen molar-refractivity contribution in [1.82, 2.24) is 15.1 Å². The largest absolute Gasteiger partial charge is 0.326 e. The van der Waals surface area contributed by atoms with Gasteiger partial charge in [0.1, 0.15) is 0 Å². The summed E-state index contributed by atoms with van der Waals surface area (Å²) in [6, 6.07) is 7.62. The zero-order valence-corrected chi connectivity index (χ0v) is 14.5. The van der Waals surface area contributed by atoms with Crippen molar-refractivity contribution in [2.45, 2.75) is 5.92 Å². The lowest BCUT2D eigenvalue weighted by atomic mass is 9.90. The predicted molar refractivity (Wildman–Crippen MR) is 92.3 cm³/mol. The zero-order chi connectivity index (χ0) is 14.8. The molecule has 3 rings (SSSR count). The minimum atomic E-state index is -0.0714. The molecule has 1 amide bonds. The Morgan fingerprint density at radius 3 is 2.73 bits per heavy atom. The number of rotatable bonds is 3. The molecule has 0 radical (unpaired) electrons. The highest BCUT2D eigenvalue weighted by molar-refractivity contribution is 9.10. The van der Waals surface area contributed by atoms with Gasteiger partial charge in [-0.2, -0.15) is 5.10 Å². The van der Waals surface area contributed by atoms with E-state index in [2.05, 4.69) is 31.7 Å². The second kappa shape index (κ2) is 7.26. The number of aryl methyl sites for hydroxylation is 1. The third kappa shape index (κ3) is 3.69. The highest BCUT2D eigenvalue weighted by atomic mass is 79.9. The van der Waals surface area contributed by atoms with Gasteiger partial charge in [-0.3, -0.25) is 9.48 Å². The van der Waals surface area contributed by atoms with Crippen molar-refractivity contribution >= 4 is 39.9 Å². The van der Waals surface area contributed by atoms with E-state index < -0.39 is 0 Å². The van der Waals surface area contributed by atoms with Crippen molar-refractivity contribution < 1.29 is 4.79 Å². The summed E-state index contributed by atoms with van der Waals surface area (Å²) in [6.45, 7) is 1.51. The summed E-state index contributed by atoms with van der Waals surface area (Å²) in [5, 5.41) is 10.5. The molecule has 2 N–H and O–H groups in total. The molecule has 118 valence electrons. The van der Waals surface area contributed by atoms with Gasteiger partial charge in [-0.05, 0) is 29.8 Å². The number of benzene rings is 1. The molecule has 1 saturated heterocycles. The van der Waals surface area contributed by atoms with E-state index in [0.29, 0.717) is 6.54 Å². The molecular formula is C15H18BrClN4O. The molecule has 1 fully saturated rings. The van der Waals surface area contributed by atoms with E-state index in [0.717, 1.165) is 22.3 Å². The third-order valence-electron chi connectivity index (χ3n) is 3.82. The molecule has 0 aliphatic carbocycles. The lowest BCUT2D eigenvalue weighted by Crippen LogP contribution is -2.28. The first kappa shape index (κ1) is 17.0. The van der Waals surface area contributed by atoms with E-state index >= 15 is 0 Å². The Labute approximate surface area is 144 Å². The topological polar surface area (TPSA) is 59.0 Å². The van der Waals surface area contributed by atoms with Crippen molar-refractivity contribution in [1.29, 1.82) is 0 Å². The number of nitrogens with one attached hydrogen (secondary N) is 2. The van der Waals surface area contributed by atoms with Gasteiger partial charge in [0, 0.05) is 42.4 Å². The van der Waals surface area contributed by atoms with E-state index in [-0.39, 0.29) is 30.2 Å². The number of anilines is 1. The van der Waals surface area contributed by atoms with Crippen molar-refractivity contribution in [2.24, 2.45) is 13.0 Å². The van der Waals surface area contributed by atoms with Crippen molar-refractivity contribution in [3.05, 3.63) is 46.7 Å². The van der Waals surface area contributed by atoms with Crippen molar-refractivity contribution in [3.63, 3.8) is 0 Å². The lowest BCUT2D eigenvalue weighted by Gasteiger charge is -2.17. The van der Waals surface area contributed by atoms with Crippen LogP contribution in [0.5, 0.6) is 0 Å². The van der Waals surface area contributed by atoms with Gasteiger partial charge in [0.15, 0.2) is 0 Å². The van der Waals surface area contributed by atoms with Crippen LogP contribution in [0.2, 0.25) is 0 Å². The Balaban J connectivity index is 0.00000176. The van der Waals surface area contributed by atoms with E-state index in [1.165, 1.54) is 0 Å². The van der Waals surface area contributed by atoms with Crippen LogP contribution in [0.4, 0.5) is 5.69 Å². The maximum Gasteiger partial charge on any atom is 0.229 e. The summed E-state index contributed by atoms with van der Waals surface area (Å²) in [5.74, 6) is 0.156. The van der Waals surface area contributed by atoms with Crippen LogP contribution in [-0.2, 0) is 11.8 Å². The average molecular weight is 386 g/mol. The molecule has 22 heavy (non-hydrogen) atoms. The molecule has 1 aromatic heterocycles. The van der Waals surface area contributed by atoms with E-state index in [4.69, 9.17) is 0 Å². The number of amides is 1. The van der Waals surface area contributed by atoms with Gasteiger partial charge in [-0.15, -0.1) is 12.4 Å². The van der Waals surface area contributed by atoms with Gasteiger partial charge < -0.3 is 10.6 Å². The summed E-state index contributed by atoms with van der Waals surface area (Å²) in [7, 11) is 1.89. The van der Waals surface area contributed by atoms with Gasteiger partial charge in [-0.25, -0.2) is 0 Å². The lowest BCUT2D eigenvalue weighted by molar-refractivity contribution is -0.119. The second-order valence-electron chi connectivity index (χ2n) is 5.31. The van der Waals surface area contributed by atoms with Crippen LogP contribution in [0.3, 0.4) is 0 Å². The van der Waals surface area contributed by atoms with Crippen LogP contribution in [0.15, 0.2) is 41.1 Å². The molecule has 0 spiro atoms. The van der Waals surface area contributed by atoms with Gasteiger partial charge >= 0.3 is 0 Å². The molecule has 1 aliphatic heterocycles. The Kier molecular flexibility index (Phi) is 5.61. The highest BCUT2D eigenvalue weighted by Crippen LogP contribution is 2.29. The molecular weight excluding hydrogens is 368 g/mol. The predicted octanol–water partition coefficient (Wildman–Crippen LogP) is 2.55. The quantitative estimate of drug-likeness (QED) is 0.853. The number of carbonyl (C=O) groups is 1. The van der Waals surface area contributed by atoms with E-state index in [1.54, 1.807) is 4.68 Å². The first-order valence-corrected chi connectivity index (χ1v) is 7.68. The van der Waals surface area contributed by atoms with Gasteiger partial charge in [0.25, 0.3) is 0 Å². The van der Waals surface area contributed by atoms with Gasteiger partial charge in [-0.1, -0.05) is 15.9 Å². The van der Waals surface area contributed by atoms with Crippen LogP contribution >= 0.6 is 28.3 Å². The van der Waals surface area contributed by atoms with Crippen molar-refractivity contribution in [2.75, 3.05) is 18.4 Å². The number of hydrogen-bond donors (Lipinski definition) is 2. The van der Waals surface area contributed by atoms with Crippen LogP contribution in [0.1, 0.15) is 11.5 Å². The van der Waals surface area contributed by atoms with Crippen molar-refractivity contribution in [3.8, 4) is 0 Å². The number of hydrogen-bond acceptors (Lipinski definition) is 3. The molecule has 1 aliphatic rings. The second-order valence-corrected chi connectivity index (χ2v) is 6.23. The van der Waals surface area contributed by atoms with Gasteiger partial charge in [0.05, 0.1) is 12.1 Å². The zero-order valence-electron chi connectivity index (χ0n) is 12.1. The molecule has 1 aromatic carbocycles. The molecule has 7 heteroatoms. The van der Waals surface area contributed by atoms with Crippen LogP contribution in [-0.4, -0.2) is 28.8 Å². The highest BCUT2D eigenvalue weighted by Gasteiger charge is 2.34. The molecule has 0 saturated carbocycles. The monoisotopic (exact) mass is 384 g/mol. The number of halogens is 2. The Hall–Kier alpha value is -1.37. The molecule has 0 bridgehead atoms. The minimum absolute atomic E-state index is 0. The fourth-order valence-corrected chi connectivity index (χ4v) is 2.97. The maximum absolute atomic E-state index is 12.5. The Morgan fingerprint density at radius 2 is 2.09 bits per heavy atom.